The molecule has 4 nitrogen and oxygen atoms in total. The fourth-order valence-corrected chi connectivity index (χ4v) is 0.840. The zero-order chi connectivity index (χ0) is 10.6. The first kappa shape index (κ1) is 10.9. The molecule has 0 aromatic carbocycles. The Hall–Kier alpha value is -1.17. The monoisotopic (exact) mass is 205 g/mol. The van der Waals surface area contributed by atoms with E-state index in [4.69, 9.17) is 10.5 Å². The van der Waals surface area contributed by atoms with Gasteiger partial charge in [0.05, 0.1) is 18.9 Å². The molecule has 0 saturated carbocycles. The van der Waals surface area contributed by atoms with Crippen LogP contribution in [0.1, 0.15) is 6.92 Å². The van der Waals surface area contributed by atoms with Crippen LogP contribution in [0.5, 0.6) is 5.75 Å². The summed E-state index contributed by atoms with van der Waals surface area (Å²) in [6.07, 6.45) is 2.96. The lowest BCUT2D eigenvalue weighted by atomic mass is 10.4. The summed E-state index contributed by atoms with van der Waals surface area (Å²) in [7, 11) is 0. The molecule has 1 aromatic rings. The highest BCUT2D eigenvalue weighted by Gasteiger charge is 2.27. The van der Waals surface area contributed by atoms with E-state index in [2.05, 4.69) is 5.10 Å². The van der Waals surface area contributed by atoms with Gasteiger partial charge in [0.2, 0.25) is 0 Å². The van der Waals surface area contributed by atoms with Crippen LogP contribution in [0, 0.1) is 0 Å². The number of alkyl halides is 2. The molecule has 0 aliphatic rings. The third-order valence-electron chi connectivity index (χ3n) is 1.68. The Labute approximate surface area is 80.6 Å². The molecule has 1 rings (SSSR count). The van der Waals surface area contributed by atoms with Crippen molar-refractivity contribution >= 4 is 0 Å². The van der Waals surface area contributed by atoms with Crippen LogP contribution in [0.2, 0.25) is 0 Å². The van der Waals surface area contributed by atoms with E-state index in [-0.39, 0.29) is 0 Å². The van der Waals surface area contributed by atoms with Crippen molar-refractivity contribution in [3.05, 3.63) is 12.4 Å². The van der Waals surface area contributed by atoms with Gasteiger partial charge in [-0.1, -0.05) is 0 Å². The molecule has 1 aromatic heterocycles. The van der Waals surface area contributed by atoms with Gasteiger partial charge in [0.25, 0.3) is 5.92 Å². The molecule has 0 saturated heterocycles. The Morgan fingerprint density at radius 3 is 2.86 bits per heavy atom. The molecule has 0 bridgehead atoms. The first-order valence-electron chi connectivity index (χ1n) is 4.30. The van der Waals surface area contributed by atoms with Gasteiger partial charge >= 0.3 is 0 Å². The summed E-state index contributed by atoms with van der Waals surface area (Å²) in [5, 5.41) is 3.88. The number of halogens is 2. The van der Waals surface area contributed by atoms with Crippen LogP contribution in [-0.4, -0.2) is 28.9 Å². The van der Waals surface area contributed by atoms with E-state index in [1.165, 1.54) is 6.20 Å². The summed E-state index contributed by atoms with van der Waals surface area (Å²) in [6.45, 7) is 1.15. The summed E-state index contributed by atoms with van der Waals surface area (Å²) in [5.74, 6) is -2.64. The third-order valence-corrected chi connectivity index (χ3v) is 1.68. The first-order valence-corrected chi connectivity index (χ1v) is 4.30. The molecule has 6 heteroatoms. The molecule has 0 atom stereocenters. The van der Waals surface area contributed by atoms with Gasteiger partial charge in [-0.15, -0.1) is 0 Å². The van der Waals surface area contributed by atoms with E-state index in [0.29, 0.717) is 12.3 Å². The van der Waals surface area contributed by atoms with Crippen molar-refractivity contribution in [2.45, 2.75) is 19.4 Å². The number of nitrogens with zero attached hydrogens (tertiary/aromatic N) is 2. The lowest BCUT2D eigenvalue weighted by Gasteiger charge is -2.13. The maximum Gasteiger partial charge on any atom is 0.293 e. The summed E-state index contributed by atoms with van der Waals surface area (Å²) < 4.78 is 31.7. The fraction of sp³-hybridized carbons (Fsp3) is 0.625. The molecule has 2 N–H and O–H groups in total. The quantitative estimate of drug-likeness (QED) is 0.776. The second-order valence-corrected chi connectivity index (χ2v) is 2.88. The zero-order valence-electron chi connectivity index (χ0n) is 7.91. The number of hydrogen-bond donors (Lipinski definition) is 1. The molecule has 0 fully saturated rings. The van der Waals surface area contributed by atoms with Gasteiger partial charge in [0.1, 0.15) is 0 Å². The van der Waals surface area contributed by atoms with Crippen molar-refractivity contribution in [2.24, 2.45) is 5.73 Å². The zero-order valence-corrected chi connectivity index (χ0v) is 7.91. The maximum absolute atomic E-state index is 12.6. The molecule has 80 valence electrons. The van der Waals surface area contributed by atoms with E-state index >= 15 is 0 Å². The molecule has 0 amide bonds. The van der Waals surface area contributed by atoms with Gasteiger partial charge in [-0.2, -0.15) is 5.10 Å². The molecule has 1 heterocycles. The molecular weight excluding hydrogens is 192 g/mol. The highest BCUT2D eigenvalue weighted by molar-refractivity contribution is 5.11. The largest absolute Gasteiger partial charge is 0.484 e. The summed E-state index contributed by atoms with van der Waals surface area (Å²) in [5.41, 5.74) is 4.85. The highest BCUT2D eigenvalue weighted by atomic mass is 19.3. The normalized spacial score (nSPS) is 11.7. The number of nitrogens with two attached hydrogens (primary N) is 1. The topological polar surface area (TPSA) is 53.1 Å². The van der Waals surface area contributed by atoms with Crippen molar-refractivity contribution in [2.75, 3.05) is 13.2 Å². The van der Waals surface area contributed by atoms with Crippen LogP contribution >= 0.6 is 0 Å². The van der Waals surface area contributed by atoms with E-state index in [0.717, 1.165) is 0 Å². The van der Waals surface area contributed by atoms with Gasteiger partial charge in [0.15, 0.2) is 12.4 Å². The summed E-state index contributed by atoms with van der Waals surface area (Å²) in [6, 6.07) is 0. The van der Waals surface area contributed by atoms with Crippen molar-refractivity contribution in [3.8, 4) is 5.75 Å². The lowest BCUT2D eigenvalue weighted by molar-refractivity contribution is -0.0319. The number of aromatic nitrogens is 2. The number of aryl methyl sites for hydroxylation is 1. The van der Waals surface area contributed by atoms with Gasteiger partial charge in [-0.3, -0.25) is 4.68 Å². The van der Waals surface area contributed by atoms with Crippen molar-refractivity contribution in [1.82, 2.24) is 9.78 Å². The average molecular weight is 205 g/mol. The molecular formula is C8H13F2N3O. The van der Waals surface area contributed by atoms with Gasteiger partial charge in [-0.05, 0) is 6.92 Å². The lowest BCUT2D eigenvalue weighted by Crippen LogP contribution is -2.34. The molecule has 0 unspecified atom stereocenters. The van der Waals surface area contributed by atoms with Crippen LogP contribution in [-0.2, 0) is 6.54 Å². The van der Waals surface area contributed by atoms with E-state index < -0.39 is 19.1 Å². The fourth-order valence-electron chi connectivity index (χ4n) is 0.840. The minimum atomic E-state index is -2.98. The van der Waals surface area contributed by atoms with Crippen molar-refractivity contribution in [1.29, 1.82) is 0 Å². The van der Waals surface area contributed by atoms with Gasteiger partial charge in [-0.25, -0.2) is 8.78 Å². The van der Waals surface area contributed by atoms with Gasteiger partial charge < -0.3 is 10.5 Å². The predicted octanol–water partition coefficient (Wildman–Crippen LogP) is 0.876. The molecule has 0 aliphatic heterocycles. The second kappa shape index (κ2) is 4.36. The molecule has 0 spiro atoms. The van der Waals surface area contributed by atoms with Gasteiger partial charge in [0, 0.05) is 6.54 Å². The number of rotatable bonds is 5. The van der Waals surface area contributed by atoms with E-state index in [9.17, 15) is 8.78 Å². The minimum Gasteiger partial charge on any atom is -0.484 e. The second-order valence-electron chi connectivity index (χ2n) is 2.88. The Bertz CT molecular complexity index is 288. The van der Waals surface area contributed by atoms with Crippen LogP contribution in [0.4, 0.5) is 8.78 Å². The molecule has 0 radical (unpaired) electrons. The predicted molar refractivity (Wildman–Crippen MR) is 47.4 cm³/mol. The Morgan fingerprint density at radius 2 is 2.36 bits per heavy atom. The van der Waals surface area contributed by atoms with Crippen LogP contribution in [0.15, 0.2) is 12.4 Å². The number of hydrogen-bond acceptors (Lipinski definition) is 3. The van der Waals surface area contributed by atoms with Crippen molar-refractivity contribution in [3.63, 3.8) is 0 Å². The average Bonchev–Trinajstić information content (AvgIpc) is 2.63. The van der Waals surface area contributed by atoms with E-state index in [1.807, 2.05) is 6.92 Å². The maximum atomic E-state index is 12.6. The summed E-state index contributed by atoms with van der Waals surface area (Å²) in [4.78, 5) is 0. The third kappa shape index (κ3) is 2.95. The highest BCUT2D eigenvalue weighted by Crippen LogP contribution is 2.15. The minimum absolute atomic E-state index is 0.333. The first-order chi connectivity index (χ1) is 6.57. The Kier molecular flexibility index (Phi) is 3.40. The van der Waals surface area contributed by atoms with Crippen molar-refractivity contribution < 1.29 is 13.5 Å². The van der Waals surface area contributed by atoms with Crippen LogP contribution in [0.3, 0.4) is 0 Å². The smallest absolute Gasteiger partial charge is 0.293 e. The van der Waals surface area contributed by atoms with Crippen LogP contribution in [0.25, 0.3) is 0 Å². The SMILES string of the molecule is CCn1cc(OCC(F)(F)CN)cn1. The standard InChI is InChI=1S/C8H13F2N3O/c1-2-13-4-7(3-12-13)14-6-8(9,10)5-11/h3-4H,2,5-6,11H2,1H3. The Morgan fingerprint density at radius 1 is 1.64 bits per heavy atom. The Balaban J connectivity index is 2.45. The van der Waals surface area contributed by atoms with Crippen LogP contribution < -0.4 is 10.5 Å². The molecule has 14 heavy (non-hydrogen) atoms. The number of ether oxygens (including phenoxy) is 1. The molecule has 0 aliphatic carbocycles. The summed E-state index contributed by atoms with van der Waals surface area (Å²) >= 11 is 0. The van der Waals surface area contributed by atoms with E-state index in [1.54, 1.807) is 10.9 Å².